The fraction of sp³-hybridized carbons (Fsp3) is 1.00. The zero-order chi connectivity index (χ0) is 11.6. The SMILES string of the molecule is CN1CCC(CNC2CNC(C)(C)C2)CC1. The van der Waals surface area contributed by atoms with Gasteiger partial charge in [-0.25, -0.2) is 0 Å². The van der Waals surface area contributed by atoms with Crippen LogP contribution >= 0.6 is 0 Å². The standard InChI is InChI=1S/C13H27N3/c1-13(2)8-12(10-15-13)14-9-11-4-6-16(3)7-5-11/h11-12,14-15H,4-10H2,1-3H3. The van der Waals surface area contributed by atoms with Crippen LogP contribution < -0.4 is 10.6 Å². The van der Waals surface area contributed by atoms with E-state index in [0.29, 0.717) is 11.6 Å². The van der Waals surface area contributed by atoms with Crippen molar-refractivity contribution in [3.63, 3.8) is 0 Å². The van der Waals surface area contributed by atoms with Crippen molar-refractivity contribution in [1.29, 1.82) is 0 Å². The molecule has 0 aliphatic carbocycles. The molecule has 2 rings (SSSR count). The molecule has 3 nitrogen and oxygen atoms in total. The van der Waals surface area contributed by atoms with Crippen molar-refractivity contribution in [3.05, 3.63) is 0 Å². The lowest BCUT2D eigenvalue weighted by Crippen LogP contribution is -2.39. The van der Waals surface area contributed by atoms with Gasteiger partial charge in [0.1, 0.15) is 0 Å². The molecule has 0 radical (unpaired) electrons. The topological polar surface area (TPSA) is 27.3 Å². The highest BCUT2D eigenvalue weighted by molar-refractivity contribution is 4.93. The summed E-state index contributed by atoms with van der Waals surface area (Å²) in [6.45, 7) is 9.51. The van der Waals surface area contributed by atoms with Crippen molar-refractivity contribution in [1.82, 2.24) is 15.5 Å². The van der Waals surface area contributed by atoms with Crippen molar-refractivity contribution in [3.8, 4) is 0 Å². The monoisotopic (exact) mass is 225 g/mol. The number of nitrogens with zero attached hydrogens (tertiary/aromatic N) is 1. The normalized spacial score (nSPS) is 32.1. The molecular formula is C13H27N3. The maximum atomic E-state index is 3.74. The van der Waals surface area contributed by atoms with E-state index in [4.69, 9.17) is 0 Å². The lowest BCUT2D eigenvalue weighted by atomic mass is 9.96. The third-order valence-corrected chi connectivity index (χ3v) is 4.12. The first-order valence-electron chi connectivity index (χ1n) is 6.72. The van der Waals surface area contributed by atoms with E-state index in [9.17, 15) is 0 Å². The van der Waals surface area contributed by atoms with Gasteiger partial charge in [0.05, 0.1) is 0 Å². The van der Waals surface area contributed by atoms with Crippen LogP contribution in [-0.2, 0) is 0 Å². The smallest absolute Gasteiger partial charge is 0.0210 e. The van der Waals surface area contributed by atoms with Gasteiger partial charge < -0.3 is 15.5 Å². The summed E-state index contributed by atoms with van der Waals surface area (Å²) in [5, 5.41) is 7.31. The number of likely N-dealkylation sites (tertiary alicyclic amines) is 1. The number of piperidine rings is 1. The molecule has 3 heteroatoms. The first-order chi connectivity index (χ1) is 7.55. The van der Waals surface area contributed by atoms with Crippen molar-refractivity contribution >= 4 is 0 Å². The highest BCUT2D eigenvalue weighted by atomic mass is 15.1. The molecule has 0 bridgehead atoms. The second-order valence-electron chi connectivity index (χ2n) is 6.32. The molecule has 2 fully saturated rings. The zero-order valence-corrected chi connectivity index (χ0v) is 11.1. The second kappa shape index (κ2) is 5.03. The highest BCUT2D eigenvalue weighted by Crippen LogP contribution is 2.19. The molecule has 0 saturated carbocycles. The van der Waals surface area contributed by atoms with Gasteiger partial charge >= 0.3 is 0 Å². The highest BCUT2D eigenvalue weighted by Gasteiger charge is 2.30. The van der Waals surface area contributed by atoms with Gasteiger partial charge in [0.2, 0.25) is 0 Å². The molecule has 0 amide bonds. The second-order valence-corrected chi connectivity index (χ2v) is 6.32. The summed E-state index contributed by atoms with van der Waals surface area (Å²) in [6.07, 6.45) is 4.00. The third-order valence-electron chi connectivity index (χ3n) is 4.12. The molecule has 1 atom stereocenters. The van der Waals surface area contributed by atoms with Crippen LogP contribution in [0.2, 0.25) is 0 Å². The molecule has 2 heterocycles. The van der Waals surface area contributed by atoms with E-state index in [1.807, 2.05) is 0 Å². The summed E-state index contributed by atoms with van der Waals surface area (Å²) in [5.41, 5.74) is 0.338. The maximum absolute atomic E-state index is 3.74. The minimum Gasteiger partial charge on any atom is -0.312 e. The van der Waals surface area contributed by atoms with Crippen LogP contribution in [0.5, 0.6) is 0 Å². The van der Waals surface area contributed by atoms with Crippen LogP contribution in [0, 0.1) is 5.92 Å². The van der Waals surface area contributed by atoms with Crippen molar-refractivity contribution in [2.45, 2.75) is 44.7 Å². The Hall–Kier alpha value is -0.120. The van der Waals surface area contributed by atoms with Crippen LogP contribution in [0.25, 0.3) is 0 Å². The fourth-order valence-electron chi connectivity index (χ4n) is 2.90. The van der Waals surface area contributed by atoms with Crippen LogP contribution in [-0.4, -0.2) is 49.7 Å². The molecule has 2 saturated heterocycles. The third kappa shape index (κ3) is 3.44. The van der Waals surface area contributed by atoms with Gasteiger partial charge in [-0.05, 0) is 65.7 Å². The molecule has 16 heavy (non-hydrogen) atoms. The van der Waals surface area contributed by atoms with Gasteiger partial charge in [0.25, 0.3) is 0 Å². The zero-order valence-electron chi connectivity index (χ0n) is 11.1. The Morgan fingerprint density at radius 3 is 2.56 bits per heavy atom. The minimum absolute atomic E-state index is 0.338. The van der Waals surface area contributed by atoms with Crippen LogP contribution in [0.3, 0.4) is 0 Å². The average molecular weight is 225 g/mol. The van der Waals surface area contributed by atoms with E-state index in [0.717, 1.165) is 12.5 Å². The van der Waals surface area contributed by atoms with Crippen LogP contribution in [0.4, 0.5) is 0 Å². The summed E-state index contributed by atoms with van der Waals surface area (Å²) < 4.78 is 0. The predicted molar refractivity (Wildman–Crippen MR) is 68.7 cm³/mol. The summed E-state index contributed by atoms with van der Waals surface area (Å²) in [7, 11) is 2.23. The Labute approximate surface area is 100.0 Å². The van der Waals surface area contributed by atoms with E-state index in [-0.39, 0.29) is 0 Å². The van der Waals surface area contributed by atoms with Gasteiger partial charge in [-0.1, -0.05) is 0 Å². The largest absolute Gasteiger partial charge is 0.312 e. The Balaban J connectivity index is 1.65. The van der Waals surface area contributed by atoms with E-state index in [1.165, 1.54) is 38.9 Å². The van der Waals surface area contributed by atoms with Gasteiger partial charge in [0, 0.05) is 18.1 Å². The molecule has 1 unspecified atom stereocenters. The Morgan fingerprint density at radius 2 is 2.00 bits per heavy atom. The first-order valence-corrected chi connectivity index (χ1v) is 6.72. The van der Waals surface area contributed by atoms with Crippen molar-refractivity contribution in [2.24, 2.45) is 5.92 Å². The Bertz CT molecular complexity index is 219. The van der Waals surface area contributed by atoms with Crippen LogP contribution in [0.15, 0.2) is 0 Å². The molecule has 2 aliphatic rings. The minimum atomic E-state index is 0.338. The number of rotatable bonds is 3. The van der Waals surface area contributed by atoms with Gasteiger partial charge in [-0.2, -0.15) is 0 Å². The molecule has 0 spiro atoms. The lowest BCUT2D eigenvalue weighted by molar-refractivity contribution is 0.213. The molecule has 0 aromatic heterocycles. The van der Waals surface area contributed by atoms with E-state index in [1.54, 1.807) is 0 Å². The molecule has 94 valence electrons. The van der Waals surface area contributed by atoms with Crippen molar-refractivity contribution < 1.29 is 0 Å². The summed E-state index contributed by atoms with van der Waals surface area (Å²) in [6, 6.07) is 0.689. The van der Waals surface area contributed by atoms with E-state index < -0.39 is 0 Å². The molecule has 0 aromatic rings. The lowest BCUT2D eigenvalue weighted by Gasteiger charge is -2.30. The summed E-state index contributed by atoms with van der Waals surface area (Å²) in [4.78, 5) is 2.44. The first kappa shape index (κ1) is 12.3. The quantitative estimate of drug-likeness (QED) is 0.752. The van der Waals surface area contributed by atoms with Gasteiger partial charge in [0.15, 0.2) is 0 Å². The summed E-state index contributed by atoms with van der Waals surface area (Å²) in [5.74, 6) is 0.903. The van der Waals surface area contributed by atoms with E-state index in [2.05, 4.69) is 36.4 Å². The number of hydrogen-bond acceptors (Lipinski definition) is 3. The van der Waals surface area contributed by atoms with Gasteiger partial charge in [-0.3, -0.25) is 0 Å². The maximum Gasteiger partial charge on any atom is 0.0210 e. The fourth-order valence-corrected chi connectivity index (χ4v) is 2.90. The average Bonchev–Trinajstić information content (AvgIpc) is 2.58. The Kier molecular flexibility index (Phi) is 3.88. The van der Waals surface area contributed by atoms with Crippen LogP contribution in [0.1, 0.15) is 33.1 Å². The molecule has 2 aliphatic heterocycles. The predicted octanol–water partition coefficient (Wildman–Crippen LogP) is 1.06. The number of hydrogen-bond donors (Lipinski definition) is 2. The molecule has 0 aromatic carbocycles. The van der Waals surface area contributed by atoms with Crippen molar-refractivity contribution in [2.75, 3.05) is 33.2 Å². The Morgan fingerprint density at radius 1 is 1.31 bits per heavy atom. The van der Waals surface area contributed by atoms with E-state index >= 15 is 0 Å². The number of nitrogens with one attached hydrogen (secondary N) is 2. The molecular weight excluding hydrogens is 198 g/mol. The van der Waals surface area contributed by atoms with Gasteiger partial charge in [-0.15, -0.1) is 0 Å². The molecule has 2 N–H and O–H groups in total. The summed E-state index contributed by atoms with van der Waals surface area (Å²) >= 11 is 0.